The lowest BCUT2D eigenvalue weighted by atomic mass is 10.0. The monoisotopic (exact) mass is 237 g/mol. The van der Waals surface area contributed by atoms with Crippen LogP contribution in [0.5, 0.6) is 0 Å². The molecule has 0 radical (unpaired) electrons. The minimum Gasteiger partial charge on any atom is -0.459 e. The van der Waals surface area contributed by atoms with E-state index in [4.69, 9.17) is 21.8 Å². The van der Waals surface area contributed by atoms with Crippen LogP contribution in [-0.4, -0.2) is 0 Å². The van der Waals surface area contributed by atoms with Gasteiger partial charge >= 0.3 is 0 Å². The molecule has 2 aromatic rings. The summed E-state index contributed by atoms with van der Waals surface area (Å²) < 4.78 is 5.74. The number of halogens is 1. The number of hydrogen-bond acceptors (Lipinski definition) is 2. The smallest absolute Gasteiger partial charge is 0.136 e. The molecule has 1 unspecified atom stereocenters. The van der Waals surface area contributed by atoms with Crippen molar-refractivity contribution >= 4 is 22.6 Å². The van der Waals surface area contributed by atoms with Crippen molar-refractivity contribution in [1.82, 2.24) is 0 Å². The van der Waals surface area contributed by atoms with Crippen LogP contribution >= 0.6 is 11.6 Å². The summed E-state index contributed by atoms with van der Waals surface area (Å²) in [5.41, 5.74) is 7.96. The van der Waals surface area contributed by atoms with Crippen molar-refractivity contribution in [3.8, 4) is 0 Å². The molecular formula is C13H16ClNO. The molecule has 1 heterocycles. The normalized spacial score (nSPS) is 13.6. The Kier molecular flexibility index (Phi) is 2.96. The zero-order chi connectivity index (χ0) is 11.9. The number of aryl methyl sites for hydroxylation is 1. The molecule has 0 aliphatic rings. The van der Waals surface area contributed by atoms with Crippen molar-refractivity contribution in [3.05, 3.63) is 34.5 Å². The summed E-state index contributed by atoms with van der Waals surface area (Å²) in [5, 5.41) is 1.67. The molecule has 0 spiro atoms. The predicted octanol–water partition coefficient (Wildman–Crippen LogP) is 4.05. The van der Waals surface area contributed by atoms with Gasteiger partial charge in [0.15, 0.2) is 0 Å². The fourth-order valence-corrected chi connectivity index (χ4v) is 2.06. The molecule has 86 valence electrons. The molecule has 2 rings (SSSR count). The average molecular weight is 238 g/mol. The van der Waals surface area contributed by atoms with Crippen LogP contribution < -0.4 is 5.73 Å². The minimum atomic E-state index is -0.0798. The minimum absolute atomic E-state index is 0.0798. The fraction of sp³-hybridized carbons (Fsp3) is 0.385. The van der Waals surface area contributed by atoms with Crippen molar-refractivity contribution in [2.45, 2.75) is 26.8 Å². The second-order valence-corrected chi connectivity index (χ2v) is 4.98. The lowest BCUT2D eigenvalue weighted by molar-refractivity contribution is 0.418. The molecule has 16 heavy (non-hydrogen) atoms. The first-order valence-electron chi connectivity index (χ1n) is 5.44. The van der Waals surface area contributed by atoms with Gasteiger partial charge in [-0.3, -0.25) is 0 Å². The summed E-state index contributed by atoms with van der Waals surface area (Å²) in [4.78, 5) is 0. The maximum absolute atomic E-state index is 6.16. The van der Waals surface area contributed by atoms with E-state index < -0.39 is 0 Å². The number of fused-ring (bicyclic) bond motifs is 1. The Labute approximate surface area is 100 Å². The maximum Gasteiger partial charge on any atom is 0.136 e. The van der Waals surface area contributed by atoms with Crippen LogP contribution in [0.15, 0.2) is 22.6 Å². The molecule has 2 nitrogen and oxygen atoms in total. The number of nitrogens with two attached hydrogens (primary N) is 1. The van der Waals surface area contributed by atoms with Crippen LogP contribution in [-0.2, 0) is 0 Å². The molecule has 1 aromatic carbocycles. The molecule has 0 saturated carbocycles. The standard InChI is InChI=1S/C13H16ClNO/c1-7(2)13(15)12-6-9-10(14)4-8(3)5-11(9)16-12/h4-7,13H,15H2,1-3H3. The molecule has 0 aliphatic carbocycles. The quantitative estimate of drug-likeness (QED) is 0.856. The molecule has 0 saturated heterocycles. The summed E-state index contributed by atoms with van der Waals surface area (Å²) in [7, 11) is 0. The summed E-state index contributed by atoms with van der Waals surface area (Å²) in [6.07, 6.45) is 0. The lowest BCUT2D eigenvalue weighted by Gasteiger charge is -2.11. The van der Waals surface area contributed by atoms with E-state index in [-0.39, 0.29) is 6.04 Å². The molecule has 0 fully saturated rings. The molecule has 1 atom stereocenters. The van der Waals surface area contributed by atoms with Crippen LogP contribution in [0.4, 0.5) is 0 Å². The van der Waals surface area contributed by atoms with E-state index in [1.165, 1.54) is 0 Å². The molecule has 0 aliphatic heterocycles. The highest BCUT2D eigenvalue weighted by Crippen LogP contribution is 2.31. The average Bonchev–Trinajstić information content (AvgIpc) is 2.60. The Balaban J connectivity index is 2.56. The van der Waals surface area contributed by atoms with Gasteiger partial charge in [0.1, 0.15) is 11.3 Å². The van der Waals surface area contributed by atoms with Crippen LogP contribution in [0.1, 0.15) is 31.2 Å². The Morgan fingerprint density at radius 1 is 1.25 bits per heavy atom. The van der Waals surface area contributed by atoms with Crippen molar-refractivity contribution < 1.29 is 4.42 Å². The van der Waals surface area contributed by atoms with Gasteiger partial charge in [0.2, 0.25) is 0 Å². The predicted molar refractivity (Wildman–Crippen MR) is 67.7 cm³/mol. The molecule has 0 amide bonds. The number of furan rings is 1. The van der Waals surface area contributed by atoms with Crippen molar-refractivity contribution in [2.24, 2.45) is 11.7 Å². The first kappa shape index (κ1) is 11.5. The molecule has 1 aromatic heterocycles. The van der Waals surface area contributed by atoms with E-state index in [0.29, 0.717) is 5.92 Å². The van der Waals surface area contributed by atoms with Gasteiger partial charge in [-0.1, -0.05) is 25.4 Å². The topological polar surface area (TPSA) is 39.2 Å². The van der Waals surface area contributed by atoms with Gasteiger partial charge < -0.3 is 10.2 Å². The summed E-state index contributed by atoms with van der Waals surface area (Å²) in [5.74, 6) is 1.15. The molecule has 3 heteroatoms. The summed E-state index contributed by atoms with van der Waals surface area (Å²) in [6.45, 7) is 6.14. The maximum atomic E-state index is 6.16. The van der Waals surface area contributed by atoms with Gasteiger partial charge in [-0.05, 0) is 36.6 Å². The SMILES string of the molecule is Cc1cc(Cl)c2cc(C(N)C(C)C)oc2c1. The molecule has 0 bridgehead atoms. The number of rotatable bonds is 2. The third-order valence-corrected chi connectivity index (χ3v) is 3.11. The van der Waals surface area contributed by atoms with Crippen molar-refractivity contribution in [3.63, 3.8) is 0 Å². The Morgan fingerprint density at radius 3 is 2.56 bits per heavy atom. The van der Waals surface area contributed by atoms with Gasteiger partial charge in [0.25, 0.3) is 0 Å². The third kappa shape index (κ3) is 1.95. The lowest BCUT2D eigenvalue weighted by Crippen LogP contribution is -2.15. The zero-order valence-electron chi connectivity index (χ0n) is 9.75. The van der Waals surface area contributed by atoms with E-state index in [1.54, 1.807) is 0 Å². The van der Waals surface area contributed by atoms with Gasteiger partial charge in [-0.25, -0.2) is 0 Å². The van der Waals surface area contributed by atoms with Crippen LogP contribution in [0, 0.1) is 12.8 Å². The molecular weight excluding hydrogens is 222 g/mol. The van der Waals surface area contributed by atoms with Gasteiger partial charge in [0.05, 0.1) is 11.1 Å². The highest BCUT2D eigenvalue weighted by Gasteiger charge is 2.16. The third-order valence-electron chi connectivity index (χ3n) is 2.80. The highest BCUT2D eigenvalue weighted by atomic mass is 35.5. The Morgan fingerprint density at radius 2 is 1.94 bits per heavy atom. The van der Waals surface area contributed by atoms with Crippen molar-refractivity contribution in [1.29, 1.82) is 0 Å². The van der Waals surface area contributed by atoms with Gasteiger partial charge in [0, 0.05) is 5.39 Å². The van der Waals surface area contributed by atoms with E-state index in [2.05, 4.69) is 13.8 Å². The summed E-state index contributed by atoms with van der Waals surface area (Å²) in [6, 6.07) is 5.78. The Hall–Kier alpha value is -0.990. The van der Waals surface area contributed by atoms with Gasteiger partial charge in [-0.15, -0.1) is 0 Å². The first-order chi connectivity index (χ1) is 7.49. The van der Waals surface area contributed by atoms with E-state index in [9.17, 15) is 0 Å². The van der Waals surface area contributed by atoms with E-state index in [0.717, 1.165) is 27.3 Å². The zero-order valence-corrected chi connectivity index (χ0v) is 10.5. The second kappa shape index (κ2) is 4.11. The largest absolute Gasteiger partial charge is 0.459 e. The van der Waals surface area contributed by atoms with Gasteiger partial charge in [-0.2, -0.15) is 0 Å². The van der Waals surface area contributed by atoms with Crippen LogP contribution in [0.25, 0.3) is 11.0 Å². The van der Waals surface area contributed by atoms with Crippen LogP contribution in [0.3, 0.4) is 0 Å². The molecule has 2 N–H and O–H groups in total. The highest BCUT2D eigenvalue weighted by molar-refractivity contribution is 6.35. The van der Waals surface area contributed by atoms with E-state index in [1.807, 2.05) is 25.1 Å². The number of hydrogen-bond donors (Lipinski definition) is 1. The Bertz CT molecular complexity index is 516. The van der Waals surface area contributed by atoms with E-state index >= 15 is 0 Å². The van der Waals surface area contributed by atoms with Crippen LogP contribution in [0.2, 0.25) is 5.02 Å². The fourth-order valence-electron chi connectivity index (χ4n) is 1.74. The second-order valence-electron chi connectivity index (χ2n) is 4.58. The van der Waals surface area contributed by atoms with Crippen molar-refractivity contribution in [2.75, 3.05) is 0 Å². The number of benzene rings is 1. The summed E-state index contributed by atoms with van der Waals surface area (Å²) >= 11 is 6.16. The first-order valence-corrected chi connectivity index (χ1v) is 5.82.